The molecule has 1 atom stereocenters. The van der Waals surface area contributed by atoms with Gasteiger partial charge in [0.15, 0.2) is 0 Å². The van der Waals surface area contributed by atoms with Crippen molar-refractivity contribution in [2.45, 2.75) is 26.3 Å². The largest absolute Gasteiger partial charge is 0.372 e. The standard InChI is InChI=1S/C14H20ClNO2/c1-4-9-18-10-14(17)16(3)11(2)12-5-7-13(15)8-6-12/h5-8,11H,4,9-10H2,1-3H3/t11-/m0/s1. The fourth-order valence-corrected chi connectivity index (χ4v) is 1.71. The predicted molar refractivity (Wildman–Crippen MR) is 73.7 cm³/mol. The fraction of sp³-hybridized carbons (Fsp3) is 0.500. The molecule has 0 aromatic heterocycles. The number of nitrogens with zero attached hydrogens (tertiary/aromatic N) is 1. The topological polar surface area (TPSA) is 29.5 Å². The van der Waals surface area contributed by atoms with Crippen molar-refractivity contribution >= 4 is 17.5 Å². The number of benzene rings is 1. The third kappa shape index (κ3) is 4.31. The SMILES string of the molecule is CCCOCC(=O)N(C)[C@@H](C)c1ccc(Cl)cc1. The Morgan fingerprint density at radius 2 is 2.00 bits per heavy atom. The zero-order valence-corrected chi connectivity index (χ0v) is 11.9. The fourth-order valence-electron chi connectivity index (χ4n) is 1.59. The molecule has 0 heterocycles. The molecule has 0 saturated heterocycles. The highest BCUT2D eigenvalue weighted by Crippen LogP contribution is 2.20. The molecular weight excluding hydrogens is 250 g/mol. The monoisotopic (exact) mass is 269 g/mol. The molecule has 3 nitrogen and oxygen atoms in total. The Morgan fingerprint density at radius 3 is 2.56 bits per heavy atom. The van der Waals surface area contributed by atoms with E-state index in [1.54, 1.807) is 11.9 Å². The number of hydrogen-bond acceptors (Lipinski definition) is 2. The highest BCUT2D eigenvalue weighted by Gasteiger charge is 2.17. The zero-order valence-electron chi connectivity index (χ0n) is 11.1. The van der Waals surface area contributed by atoms with Crippen LogP contribution in [0.15, 0.2) is 24.3 Å². The summed E-state index contributed by atoms with van der Waals surface area (Å²) in [6.07, 6.45) is 0.920. The molecule has 100 valence electrons. The van der Waals surface area contributed by atoms with Crippen LogP contribution in [0.25, 0.3) is 0 Å². The van der Waals surface area contributed by atoms with Crippen LogP contribution >= 0.6 is 11.6 Å². The van der Waals surface area contributed by atoms with Crippen molar-refractivity contribution in [2.24, 2.45) is 0 Å². The molecule has 0 aliphatic rings. The molecule has 0 spiro atoms. The highest BCUT2D eigenvalue weighted by atomic mass is 35.5. The van der Waals surface area contributed by atoms with Gasteiger partial charge in [0.2, 0.25) is 5.91 Å². The van der Waals surface area contributed by atoms with Crippen molar-refractivity contribution in [1.82, 2.24) is 4.90 Å². The van der Waals surface area contributed by atoms with Gasteiger partial charge < -0.3 is 9.64 Å². The Labute approximate surface area is 114 Å². The van der Waals surface area contributed by atoms with Crippen LogP contribution in [-0.2, 0) is 9.53 Å². The normalized spacial score (nSPS) is 12.2. The lowest BCUT2D eigenvalue weighted by Gasteiger charge is -2.25. The van der Waals surface area contributed by atoms with Gasteiger partial charge in [-0.2, -0.15) is 0 Å². The number of carbonyl (C=O) groups excluding carboxylic acids is 1. The molecule has 0 radical (unpaired) electrons. The predicted octanol–water partition coefficient (Wildman–Crippen LogP) is 3.29. The van der Waals surface area contributed by atoms with E-state index in [2.05, 4.69) is 0 Å². The van der Waals surface area contributed by atoms with Gasteiger partial charge in [-0.25, -0.2) is 0 Å². The van der Waals surface area contributed by atoms with E-state index in [1.165, 1.54) is 0 Å². The number of likely N-dealkylation sites (N-methyl/N-ethyl adjacent to an activating group) is 1. The van der Waals surface area contributed by atoms with Crippen molar-refractivity contribution in [3.63, 3.8) is 0 Å². The van der Waals surface area contributed by atoms with E-state index in [1.807, 2.05) is 38.1 Å². The first-order valence-electron chi connectivity index (χ1n) is 6.15. The van der Waals surface area contributed by atoms with E-state index in [0.29, 0.717) is 11.6 Å². The summed E-state index contributed by atoms with van der Waals surface area (Å²) in [6.45, 7) is 4.77. The average Bonchev–Trinajstić information content (AvgIpc) is 2.38. The van der Waals surface area contributed by atoms with Crippen LogP contribution in [0.3, 0.4) is 0 Å². The van der Waals surface area contributed by atoms with Crippen LogP contribution < -0.4 is 0 Å². The van der Waals surface area contributed by atoms with Gasteiger partial charge in [-0.1, -0.05) is 30.7 Å². The minimum atomic E-state index is -0.00843. The van der Waals surface area contributed by atoms with Crippen LogP contribution in [0.4, 0.5) is 0 Å². The van der Waals surface area contributed by atoms with Crippen molar-refractivity contribution < 1.29 is 9.53 Å². The van der Waals surface area contributed by atoms with Crippen LogP contribution in [-0.4, -0.2) is 31.1 Å². The van der Waals surface area contributed by atoms with E-state index < -0.39 is 0 Å². The molecule has 4 heteroatoms. The highest BCUT2D eigenvalue weighted by molar-refractivity contribution is 6.30. The first-order valence-corrected chi connectivity index (χ1v) is 6.53. The van der Waals surface area contributed by atoms with Gasteiger partial charge in [-0.05, 0) is 31.0 Å². The van der Waals surface area contributed by atoms with Crippen molar-refractivity contribution in [3.8, 4) is 0 Å². The Bertz CT molecular complexity index is 378. The Balaban J connectivity index is 2.57. The lowest BCUT2D eigenvalue weighted by Crippen LogP contribution is -2.32. The second kappa shape index (κ2) is 7.39. The summed E-state index contributed by atoms with van der Waals surface area (Å²) < 4.78 is 5.26. The maximum Gasteiger partial charge on any atom is 0.248 e. The van der Waals surface area contributed by atoms with Gasteiger partial charge in [0.05, 0.1) is 6.04 Å². The van der Waals surface area contributed by atoms with Crippen LogP contribution in [0.5, 0.6) is 0 Å². The molecule has 0 saturated carbocycles. The Morgan fingerprint density at radius 1 is 1.39 bits per heavy atom. The second-order valence-corrected chi connectivity index (χ2v) is 4.72. The van der Waals surface area contributed by atoms with Gasteiger partial charge >= 0.3 is 0 Å². The number of ether oxygens (including phenoxy) is 1. The van der Waals surface area contributed by atoms with Gasteiger partial charge in [0.25, 0.3) is 0 Å². The third-order valence-corrected chi connectivity index (χ3v) is 3.15. The molecule has 18 heavy (non-hydrogen) atoms. The summed E-state index contributed by atoms with van der Waals surface area (Å²) >= 11 is 5.84. The number of halogens is 1. The molecule has 0 fully saturated rings. The lowest BCUT2D eigenvalue weighted by molar-refractivity contribution is -0.136. The maximum atomic E-state index is 11.9. The molecular formula is C14H20ClNO2. The zero-order chi connectivity index (χ0) is 13.5. The summed E-state index contributed by atoms with van der Waals surface area (Å²) in [6, 6.07) is 7.55. The third-order valence-electron chi connectivity index (χ3n) is 2.90. The lowest BCUT2D eigenvalue weighted by atomic mass is 10.1. The molecule has 0 bridgehead atoms. The van der Waals surface area contributed by atoms with E-state index >= 15 is 0 Å². The van der Waals surface area contributed by atoms with Crippen LogP contribution in [0.2, 0.25) is 5.02 Å². The summed E-state index contributed by atoms with van der Waals surface area (Å²) in [5.74, 6) is -0.00843. The Kier molecular flexibility index (Phi) is 6.16. The summed E-state index contributed by atoms with van der Waals surface area (Å²) in [5.41, 5.74) is 1.06. The molecule has 1 amide bonds. The average molecular weight is 270 g/mol. The Hall–Kier alpha value is -1.06. The quantitative estimate of drug-likeness (QED) is 0.742. The van der Waals surface area contributed by atoms with E-state index in [4.69, 9.17) is 16.3 Å². The van der Waals surface area contributed by atoms with Crippen molar-refractivity contribution in [1.29, 1.82) is 0 Å². The van der Waals surface area contributed by atoms with E-state index in [9.17, 15) is 4.79 Å². The molecule has 0 N–H and O–H groups in total. The van der Waals surface area contributed by atoms with Crippen LogP contribution in [0.1, 0.15) is 31.9 Å². The van der Waals surface area contributed by atoms with Gasteiger partial charge in [0, 0.05) is 18.7 Å². The minimum Gasteiger partial charge on any atom is -0.372 e. The van der Waals surface area contributed by atoms with Gasteiger partial charge in [-0.3, -0.25) is 4.79 Å². The minimum absolute atomic E-state index is 0.00843. The number of hydrogen-bond donors (Lipinski definition) is 0. The summed E-state index contributed by atoms with van der Waals surface area (Å²) in [5, 5.41) is 0.700. The number of carbonyl (C=O) groups is 1. The van der Waals surface area contributed by atoms with E-state index in [-0.39, 0.29) is 18.6 Å². The van der Waals surface area contributed by atoms with Crippen molar-refractivity contribution in [3.05, 3.63) is 34.9 Å². The van der Waals surface area contributed by atoms with Gasteiger partial charge in [-0.15, -0.1) is 0 Å². The molecule has 1 aromatic rings. The second-order valence-electron chi connectivity index (χ2n) is 4.28. The smallest absolute Gasteiger partial charge is 0.248 e. The van der Waals surface area contributed by atoms with Gasteiger partial charge in [0.1, 0.15) is 6.61 Å². The van der Waals surface area contributed by atoms with E-state index in [0.717, 1.165) is 12.0 Å². The molecule has 0 aliphatic carbocycles. The molecule has 0 aliphatic heterocycles. The number of amides is 1. The number of rotatable bonds is 6. The summed E-state index contributed by atoms with van der Waals surface area (Å²) in [4.78, 5) is 13.6. The molecule has 1 rings (SSSR count). The first-order chi connectivity index (χ1) is 8.56. The van der Waals surface area contributed by atoms with Crippen molar-refractivity contribution in [2.75, 3.05) is 20.3 Å². The maximum absolute atomic E-state index is 11.9. The molecule has 0 unspecified atom stereocenters. The summed E-state index contributed by atoms with van der Waals surface area (Å²) in [7, 11) is 1.79. The van der Waals surface area contributed by atoms with Crippen LogP contribution in [0, 0.1) is 0 Å². The molecule has 1 aromatic carbocycles. The first kappa shape index (κ1) is 15.0.